The van der Waals surface area contributed by atoms with Crippen LogP contribution in [0.2, 0.25) is 0 Å². The van der Waals surface area contributed by atoms with Crippen molar-refractivity contribution in [2.75, 3.05) is 52.5 Å². The highest BCUT2D eigenvalue weighted by atomic mass is 32.2. The van der Waals surface area contributed by atoms with Gasteiger partial charge in [-0.05, 0) is 44.1 Å². The largest absolute Gasteiger partial charge is 0.379 e. The predicted octanol–water partition coefficient (Wildman–Crippen LogP) is 2.19. The summed E-state index contributed by atoms with van der Waals surface area (Å²) < 4.78 is 34.5. The molecule has 0 unspecified atom stereocenters. The van der Waals surface area contributed by atoms with Gasteiger partial charge in [0.25, 0.3) is 5.91 Å². The van der Waals surface area contributed by atoms with Gasteiger partial charge in [0.2, 0.25) is 15.5 Å². The molecule has 0 atom stereocenters. The van der Waals surface area contributed by atoms with E-state index in [1.807, 2.05) is 0 Å². The van der Waals surface area contributed by atoms with Gasteiger partial charge in [-0.3, -0.25) is 9.59 Å². The maximum atomic E-state index is 13.2. The standard InChI is InChI=1S/C25H38N4O5S/c1-4-6-11-28(12-7-5-2)13-10-26-25(31)22-19-27(3)23-9-8-20(18-21(23)24(22)30)35(32,33)29-14-16-34-17-15-29/h8-9,18-19H,4-7,10-17H2,1-3H3,(H,26,31). The molecule has 0 bridgehead atoms. The van der Waals surface area contributed by atoms with Crippen LogP contribution in [0.3, 0.4) is 0 Å². The lowest BCUT2D eigenvalue weighted by molar-refractivity contribution is 0.0730. The molecule has 2 aromatic rings. The minimum absolute atomic E-state index is 0.00888. The van der Waals surface area contributed by atoms with Crippen molar-refractivity contribution in [3.05, 3.63) is 40.2 Å². The maximum Gasteiger partial charge on any atom is 0.256 e. The molecule has 1 N–H and O–H groups in total. The van der Waals surface area contributed by atoms with Crippen LogP contribution in [-0.2, 0) is 21.8 Å². The molecule has 1 aliphatic rings. The summed E-state index contributed by atoms with van der Waals surface area (Å²) >= 11 is 0. The summed E-state index contributed by atoms with van der Waals surface area (Å²) in [5.74, 6) is -0.445. The predicted molar refractivity (Wildman–Crippen MR) is 137 cm³/mol. The number of nitrogens with one attached hydrogen (secondary N) is 1. The SMILES string of the molecule is CCCCN(CCCC)CCNC(=O)c1cn(C)c2ccc(S(=O)(=O)N3CCOCC3)cc2c1=O. The fourth-order valence-electron chi connectivity index (χ4n) is 4.25. The molecule has 0 aliphatic carbocycles. The topological polar surface area (TPSA) is 101 Å². The zero-order chi connectivity index (χ0) is 25.4. The molecule has 1 fully saturated rings. The van der Waals surface area contributed by atoms with Crippen LogP contribution in [0.5, 0.6) is 0 Å². The molecule has 35 heavy (non-hydrogen) atoms. The first-order valence-corrected chi connectivity index (χ1v) is 14.0. The maximum absolute atomic E-state index is 13.2. The van der Waals surface area contributed by atoms with Crippen molar-refractivity contribution in [1.29, 1.82) is 0 Å². The summed E-state index contributed by atoms with van der Waals surface area (Å²) in [7, 11) is -2.01. The Morgan fingerprint density at radius 3 is 2.37 bits per heavy atom. The van der Waals surface area contributed by atoms with Crippen molar-refractivity contribution in [1.82, 2.24) is 19.1 Å². The Hall–Kier alpha value is -2.27. The van der Waals surface area contributed by atoms with E-state index in [4.69, 9.17) is 4.74 Å². The van der Waals surface area contributed by atoms with Crippen LogP contribution >= 0.6 is 0 Å². The average Bonchev–Trinajstić information content (AvgIpc) is 2.87. The van der Waals surface area contributed by atoms with E-state index in [1.165, 1.54) is 22.6 Å². The van der Waals surface area contributed by atoms with E-state index in [0.29, 0.717) is 25.3 Å². The quantitative estimate of drug-likeness (QED) is 0.474. The zero-order valence-electron chi connectivity index (χ0n) is 21.1. The zero-order valence-corrected chi connectivity index (χ0v) is 21.9. The van der Waals surface area contributed by atoms with Crippen LogP contribution in [-0.4, -0.2) is 80.6 Å². The third kappa shape index (κ3) is 6.69. The first-order chi connectivity index (χ1) is 16.8. The number of sulfonamides is 1. The van der Waals surface area contributed by atoms with E-state index in [1.54, 1.807) is 17.7 Å². The molecule has 1 amide bonds. The summed E-state index contributed by atoms with van der Waals surface area (Å²) in [5, 5.41) is 3.09. The summed E-state index contributed by atoms with van der Waals surface area (Å²) in [6.07, 6.45) is 5.97. The van der Waals surface area contributed by atoms with Crippen molar-refractivity contribution in [2.45, 2.75) is 44.4 Å². The number of fused-ring (bicyclic) bond motifs is 1. The second-order valence-electron chi connectivity index (χ2n) is 8.98. The number of aryl methyl sites for hydroxylation is 1. The first-order valence-electron chi connectivity index (χ1n) is 12.5. The van der Waals surface area contributed by atoms with E-state index in [-0.39, 0.29) is 28.9 Å². The molecule has 10 heteroatoms. The monoisotopic (exact) mass is 506 g/mol. The molecule has 1 aromatic heterocycles. The van der Waals surface area contributed by atoms with Gasteiger partial charge >= 0.3 is 0 Å². The van der Waals surface area contributed by atoms with E-state index in [2.05, 4.69) is 24.1 Å². The highest BCUT2D eigenvalue weighted by Crippen LogP contribution is 2.21. The van der Waals surface area contributed by atoms with E-state index < -0.39 is 21.4 Å². The number of morpholine rings is 1. The Morgan fingerprint density at radius 2 is 1.74 bits per heavy atom. The van der Waals surface area contributed by atoms with Gasteiger partial charge in [-0.15, -0.1) is 0 Å². The number of benzene rings is 1. The summed E-state index contributed by atoms with van der Waals surface area (Å²) in [4.78, 5) is 28.5. The molecule has 194 valence electrons. The fourth-order valence-corrected chi connectivity index (χ4v) is 5.69. The van der Waals surface area contributed by atoms with Crippen LogP contribution in [0, 0.1) is 0 Å². The number of ether oxygens (including phenoxy) is 1. The van der Waals surface area contributed by atoms with Crippen molar-refractivity contribution < 1.29 is 17.9 Å². The third-order valence-electron chi connectivity index (χ3n) is 6.38. The van der Waals surface area contributed by atoms with Crippen LogP contribution in [0.1, 0.15) is 49.9 Å². The number of hydrogen-bond donors (Lipinski definition) is 1. The molecule has 2 heterocycles. The highest BCUT2D eigenvalue weighted by Gasteiger charge is 2.27. The molecule has 0 radical (unpaired) electrons. The molecule has 3 rings (SSSR count). The molecule has 1 aromatic carbocycles. The van der Waals surface area contributed by atoms with Gasteiger partial charge in [0.1, 0.15) is 5.56 Å². The van der Waals surface area contributed by atoms with E-state index >= 15 is 0 Å². The number of aromatic nitrogens is 1. The molecule has 1 aliphatic heterocycles. The molecule has 0 saturated carbocycles. The molecule has 0 spiro atoms. The van der Waals surface area contributed by atoms with Crippen LogP contribution in [0.4, 0.5) is 0 Å². The number of carbonyl (C=O) groups is 1. The molecule has 1 saturated heterocycles. The average molecular weight is 507 g/mol. The Bertz CT molecular complexity index is 1160. The molecular formula is C25H38N4O5S. The van der Waals surface area contributed by atoms with Gasteiger partial charge in [0, 0.05) is 44.8 Å². The Morgan fingerprint density at radius 1 is 1.09 bits per heavy atom. The number of amides is 1. The number of carbonyl (C=O) groups excluding carboxylic acids is 1. The smallest absolute Gasteiger partial charge is 0.256 e. The lowest BCUT2D eigenvalue weighted by Crippen LogP contribution is -2.40. The van der Waals surface area contributed by atoms with Crippen molar-refractivity contribution in [3.8, 4) is 0 Å². The fraction of sp³-hybridized carbons (Fsp3) is 0.600. The Kier molecular flexibility index (Phi) is 9.85. The Labute approximate surface area is 208 Å². The highest BCUT2D eigenvalue weighted by molar-refractivity contribution is 7.89. The van der Waals surface area contributed by atoms with Crippen molar-refractivity contribution in [3.63, 3.8) is 0 Å². The number of rotatable bonds is 12. The minimum atomic E-state index is -3.76. The van der Waals surface area contributed by atoms with Gasteiger partial charge < -0.3 is 19.5 Å². The third-order valence-corrected chi connectivity index (χ3v) is 8.28. The molecular weight excluding hydrogens is 468 g/mol. The minimum Gasteiger partial charge on any atom is -0.379 e. The molecule has 9 nitrogen and oxygen atoms in total. The summed E-state index contributed by atoms with van der Waals surface area (Å²) in [6.45, 7) is 8.69. The second kappa shape index (κ2) is 12.6. The van der Waals surface area contributed by atoms with Gasteiger partial charge in [-0.1, -0.05) is 26.7 Å². The normalized spacial score (nSPS) is 15.1. The van der Waals surface area contributed by atoms with E-state index in [0.717, 1.165) is 45.3 Å². The number of nitrogens with zero attached hydrogens (tertiary/aromatic N) is 3. The number of unbranched alkanes of at least 4 members (excludes halogenated alkanes) is 2. The summed E-state index contributed by atoms with van der Waals surface area (Å²) in [5.41, 5.74) is 0.107. The van der Waals surface area contributed by atoms with Crippen LogP contribution < -0.4 is 10.7 Å². The lowest BCUT2D eigenvalue weighted by atomic mass is 10.1. The lowest BCUT2D eigenvalue weighted by Gasteiger charge is -2.26. The summed E-state index contributed by atoms with van der Waals surface area (Å²) in [6, 6.07) is 4.51. The number of hydrogen-bond acceptors (Lipinski definition) is 6. The number of pyridine rings is 1. The van der Waals surface area contributed by atoms with Crippen LogP contribution in [0.25, 0.3) is 10.9 Å². The van der Waals surface area contributed by atoms with Gasteiger partial charge in [-0.25, -0.2) is 8.42 Å². The van der Waals surface area contributed by atoms with Crippen molar-refractivity contribution in [2.24, 2.45) is 7.05 Å². The second-order valence-corrected chi connectivity index (χ2v) is 10.9. The van der Waals surface area contributed by atoms with Gasteiger partial charge in [-0.2, -0.15) is 4.31 Å². The Balaban J connectivity index is 1.80. The van der Waals surface area contributed by atoms with E-state index in [9.17, 15) is 18.0 Å². The van der Waals surface area contributed by atoms with Gasteiger partial charge in [0.15, 0.2) is 0 Å². The van der Waals surface area contributed by atoms with Crippen LogP contribution in [0.15, 0.2) is 34.1 Å². The van der Waals surface area contributed by atoms with Crippen molar-refractivity contribution >= 4 is 26.8 Å². The first kappa shape index (κ1) is 27.3. The van der Waals surface area contributed by atoms with Gasteiger partial charge in [0.05, 0.1) is 23.6 Å².